The first-order chi connectivity index (χ1) is 10.6. The molecule has 1 aliphatic heterocycles. The van der Waals surface area contributed by atoms with Gasteiger partial charge >= 0.3 is 11.9 Å². The number of rotatable bonds is 3. The van der Waals surface area contributed by atoms with Crippen LogP contribution in [0.3, 0.4) is 0 Å². The van der Waals surface area contributed by atoms with Gasteiger partial charge in [0.2, 0.25) is 0 Å². The van der Waals surface area contributed by atoms with Crippen LogP contribution in [-0.2, 0) is 11.3 Å². The van der Waals surface area contributed by atoms with E-state index in [1.54, 1.807) is 23.1 Å². The molecule has 0 atom stereocenters. The summed E-state index contributed by atoms with van der Waals surface area (Å²) in [5.41, 5.74) is 1.56. The number of nitrogens with one attached hydrogen (secondary N) is 2. The molecular weight excluding hydrogens is 305 g/mol. The van der Waals surface area contributed by atoms with Crippen molar-refractivity contribution in [3.8, 4) is 0 Å². The summed E-state index contributed by atoms with van der Waals surface area (Å²) in [7, 11) is 0. The average Bonchev–Trinajstić information content (AvgIpc) is 2.85. The molecule has 112 valence electrons. The summed E-state index contributed by atoms with van der Waals surface area (Å²) in [5, 5.41) is 3.69. The largest absolute Gasteiger partial charge is 0.358 e. The van der Waals surface area contributed by atoms with E-state index in [4.69, 9.17) is 11.6 Å². The van der Waals surface area contributed by atoms with E-state index >= 15 is 0 Å². The first kappa shape index (κ1) is 14.5. The Morgan fingerprint density at radius 2 is 1.91 bits per heavy atom. The summed E-state index contributed by atoms with van der Waals surface area (Å²) < 4.78 is 13.0. The van der Waals surface area contributed by atoms with E-state index in [0.29, 0.717) is 23.2 Å². The lowest BCUT2D eigenvalue weighted by Gasteiger charge is -2.13. The number of nitrogens with zero attached hydrogens (tertiary/aromatic N) is 1. The van der Waals surface area contributed by atoms with Crippen LogP contribution in [0.4, 0.5) is 10.1 Å². The second kappa shape index (κ2) is 6.15. The molecule has 1 heterocycles. The third-order valence-corrected chi connectivity index (χ3v) is 3.69. The maximum Gasteiger partial charge on any atom is 0.358 e. The van der Waals surface area contributed by atoms with Crippen LogP contribution in [0.15, 0.2) is 48.5 Å². The van der Waals surface area contributed by atoms with Crippen LogP contribution in [0.25, 0.3) is 0 Å². The van der Waals surface area contributed by atoms with E-state index in [2.05, 4.69) is 10.3 Å². The number of carbonyl (C=O) groups is 1. The Morgan fingerprint density at radius 3 is 2.64 bits per heavy atom. The normalized spacial score (nSPS) is 14.2. The van der Waals surface area contributed by atoms with Crippen molar-refractivity contribution in [1.82, 2.24) is 4.90 Å². The highest BCUT2D eigenvalue weighted by Gasteiger charge is 2.33. The van der Waals surface area contributed by atoms with Crippen molar-refractivity contribution in [2.45, 2.75) is 6.54 Å². The van der Waals surface area contributed by atoms with Crippen LogP contribution in [0.2, 0.25) is 5.02 Å². The number of hydrogen-bond donors (Lipinski definition) is 2. The van der Waals surface area contributed by atoms with Crippen LogP contribution in [0, 0.1) is 5.82 Å². The summed E-state index contributed by atoms with van der Waals surface area (Å²) in [6.07, 6.45) is 0. The molecule has 2 aromatic rings. The molecule has 0 radical (unpaired) electrons. The van der Waals surface area contributed by atoms with Crippen molar-refractivity contribution in [2.75, 3.05) is 11.9 Å². The lowest BCUT2D eigenvalue weighted by Crippen LogP contribution is -2.72. The first-order valence-electron chi connectivity index (χ1n) is 6.80. The Kier molecular flexibility index (Phi) is 4.06. The molecule has 4 nitrogen and oxygen atoms in total. The average molecular weight is 319 g/mol. The van der Waals surface area contributed by atoms with Gasteiger partial charge in [-0.05, 0) is 29.8 Å². The van der Waals surface area contributed by atoms with Crippen molar-refractivity contribution < 1.29 is 14.2 Å². The van der Waals surface area contributed by atoms with E-state index in [-0.39, 0.29) is 18.3 Å². The third kappa shape index (κ3) is 3.09. The number of para-hydroxylation sites is 1. The molecule has 0 unspecified atom stereocenters. The van der Waals surface area contributed by atoms with Crippen molar-refractivity contribution in [1.29, 1.82) is 0 Å². The topological polar surface area (TPSA) is 46.3 Å². The Labute approximate surface area is 132 Å². The van der Waals surface area contributed by atoms with Gasteiger partial charge in [-0.1, -0.05) is 35.9 Å². The van der Waals surface area contributed by atoms with Gasteiger partial charge in [0, 0.05) is 0 Å². The number of guanidine groups is 1. The molecule has 0 aliphatic carbocycles. The lowest BCUT2D eigenvalue weighted by molar-refractivity contribution is -0.438. The zero-order valence-corrected chi connectivity index (χ0v) is 12.4. The van der Waals surface area contributed by atoms with Crippen molar-refractivity contribution in [3.05, 3.63) is 64.9 Å². The first-order valence-corrected chi connectivity index (χ1v) is 7.18. The lowest BCUT2D eigenvalue weighted by atomic mass is 10.2. The zero-order chi connectivity index (χ0) is 15.5. The second-order valence-corrected chi connectivity index (χ2v) is 5.32. The van der Waals surface area contributed by atoms with Crippen LogP contribution in [0.1, 0.15) is 5.56 Å². The molecule has 0 aromatic heterocycles. The molecule has 2 aromatic carbocycles. The molecule has 0 saturated heterocycles. The Balaban J connectivity index is 1.77. The van der Waals surface area contributed by atoms with E-state index < -0.39 is 0 Å². The molecule has 3 rings (SSSR count). The van der Waals surface area contributed by atoms with Crippen molar-refractivity contribution in [2.24, 2.45) is 0 Å². The van der Waals surface area contributed by atoms with Gasteiger partial charge in [0.1, 0.15) is 18.0 Å². The minimum Gasteiger partial charge on any atom is -0.266 e. The minimum atomic E-state index is -0.298. The Morgan fingerprint density at radius 1 is 1.18 bits per heavy atom. The monoisotopic (exact) mass is 318 g/mol. The molecule has 1 amide bonds. The van der Waals surface area contributed by atoms with Gasteiger partial charge in [-0.3, -0.25) is 9.79 Å². The molecule has 0 saturated carbocycles. The number of anilines is 1. The fraction of sp³-hybridized carbons (Fsp3) is 0.125. The molecule has 1 aliphatic rings. The number of hydrogen-bond acceptors (Lipinski definition) is 2. The van der Waals surface area contributed by atoms with E-state index in [1.165, 1.54) is 12.1 Å². The zero-order valence-electron chi connectivity index (χ0n) is 11.6. The molecule has 0 fully saturated rings. The number of amides is 1. The molecule has 2 N–H and O–H groups in total. The van der Waals surface area contributed by atoms with E-state index in [0.717, 1.165) is 5.56 Å². The summed E-state index contributed by atoms with van der Waals surface area (Å²) >= 11 is 6.12. The summed E-state index contributed by atoms with van der Waals surface area (Å²) in [4.78, 5) is 16.6. The van der Waals surface area contributed by atoms with Crippen LogP contribution in [-0.4, -0.2) is 23.3 Å². The summed E-state index contributed by atoms with van der Waals surface area (Å²) in [6.45, 7) is 0.576. The van der Waals surface area contributed by atoms with Gasteiger partial charge < -0.3 is 0 Å². The maximum atomic E-state index is 13.0. The summed E-state index contributed by atoms with van der Waals surface area (Å²) in [6, 6.07) is 13.4. The third-order valence-electron chi connectivity index (χ3n) is 3.36. The quantitative estimate of drug-likeness (QED) is 0.898. The number of benzene rings is 2. The van der Waals surface area contributed by atoms with Gasteiger partial charge in [0.25, 0.3) is 0 Å². The highest BCUT2D eigenvalue weighted by molar-refractivity contribution is 6.33. The SMILES string of the molecule is O=C1C[NH+]=C(Nc2ccccc2Cl)N1Cc1ccc(F)cc1. The van der Waals surface area contributed by atoms with Crippen molar-refractivity contribution in [3.63, 3.8) is 0 Å². The molecular formula is C16H14ClFN3O+. The van der Waals surface area contributed by atoms with Crippen LogP contribution < -0.4 is 10.3 Å². The van der Waals surface area contributed by atoms with Gasteiger partial charge in [-0.15, -0.1) is 0 Å². The van der Waals surface area contributed by atoms with Gasteiger partial charge in [-0.25, -0.2) is 9.71 Å². The Hall–Kier alpha value is -2.40. The fourth-order valence-corrected chi connectivity index (χ4v) is 2.40. The molecule has 6 heteroatoms. The van der Waals surface area contributed by atoms with E-state index in [1.807, 2.05) is 18.2 Å². The summed E-state index contributed by atoms with van der Waals surface area (Å²) in [5.74, 6) is 0.217. The highest BCUT2D eigenvalue weighted by Crippen LogP contribution is 2.21. The number of halogens is 2. The second-order valence-electron chi connectivity index (χ2n) is 4.91. The van der Waals surface area contributed by atoms with Gasteiger partial charge in [0.05, 0.1) is 5.02 Å². The van der Waals surface area contributed by atoms with Gasteiger partial charge in [0.15, 0.2) is 6.54 Å². The highest BCUT2D eigenvalue weighted by atomic mass is 35.5. The van der Waals surface area contributed by atoms with E-state index in [9.17, 15) is 9.18 Å². The smallest absolute Gasteiger partial charge is 0.266 e. The van der Waals surface area contributed by atoms with Crippen LogP contribution in [0.5, 0.6) is 0 Å². The maximum absolute atomic E-state index is 13.0. The van der Waals surface area contributed by atoms with Gasteiger partial charge in [-0.2, -0.15) is 4.90 Å². The Bertz CT molecular complexity index is 730. The standard InChI is InChI=1S/C16H13ClFN3O/c17-13-3-1-2-4-14(13)20-16-19-9-15(22)21(16)10-11-5-7-12(18)8-6-11/h1-8H,9-10H2,(H,19,20)/p+1. The molecule has 0 bridgehead atoms. The molecule has 0 spiro atoms. The predicted octanol–water partition coefficient (Wildman–Crippen LogP) is 1.37. The van der Waals surface area contributed by atoms with Crippen LogP contribution >= 0.6 is 11.6 Å². The minimum absolute atomic E-state index is 0.0566. The van der Waals surface area contributed by atoms with Crippen molar-refractivity contribution >= 4 is 29.2 Å². The molecule has 22 heavy (non-hydrogen) atoms. The number of carbonyl (C=O) groups excluding carboxylic acids is 1. The predicted molar refractivity (Wildman–Crippen MR) is 82.9 cm³/mol. The fourth-order valence-electron chi connectivity index (χ4n) is 2.22.